The van der Waals surface area contributed by atoms with E-state index >= 15 is 0 Å². The van der Waals surface area contributed by atoms with Gasteiger partial charge in [-0.2, -0.15) is 0 Å². The number of carbonyl (C=O) groups is 1. The molecule has 3 aromatic rings. The Morgan fingerprint density at radius 1 is 1.17 bits per heavy atom. The fourth-order valence-corrected chi connectivity index (χ4v) is 2.11. The molecule has 0 aliphatic heterocycles. The molecule has 0 atom stereocenters. The van der Waals surface area contributed by atoms with E-state index in [1.807, 2.05) is 18.5 Å². The average Bonchev–Trinajstić information content (AvgIpc) is 2.88. The highest BCUT2D eigenvalue weighted by atomic mass is 16.1. The summed E-state index contributed by atoms with van der Waals surface area (Å²) in [4.78, 5) is 24.9. The van der Waals surface area contributed by atoms with Crippen LogP contribution in [0.3, 0.4) is 0 Å². The summed E-state index contributed by atoms with van der Waals surface area (Å²) in [5.74, 6) is 0.831. The lowest BCUT2D eigenvalue weighted by atomic mass is 10.2. The van der Waals surface area contributed by atoms with Crippen LogP contribution in [0.15, 0.2) is 42.7 Å². The number of nitrogens with zero attached hydrogens (tertiary/aromatic N) is 4. The Labute approximate surface area is 133 Å². The van der Waals surface area contributed by atoms with Gasteiger partial charge < -0.3 is 10.3 Å². The number of rotatable bonds is 3. The lowest BCUT2D eigenvalue weighted by Crippen LogP contribution is -2.14. The maximum Gasteiger partial charge on any atom is 0.258 e. The van der Waals surface area contributed by atoms with Crippen LogP contribution in [0.2, 0.25) is 0 Å². The molecule has 1 amide bonds. The molecule has 0 unspecified atom stereocenters. The van der Waals surface area contributed by atoms with Gasteiger partial charge in [-0.1, -0.05) is 0 Å². The number of anilines is 2. The van der Waals surface area contributed by atoms with E-state index in [1.54, 1.807) is 42.7 Å². The highest BCUT2D eigenvalue weighted by Gasteiger charge is 2.11. The van der Waals surface area contributed by atoms with Gasteiger partial charge in [0.1, 0.15) is 5.82 Å². The molecule has 0 radical (unpaired) electrons. The van der Waals surface area contributed by atoms with Crippen molar-refractivity contribution in [2.45, 2.75) is 6.92 Å². The number of aromatic nitrogens is 4. The Bertz CT molecular complexity index is 853. The summed E-state index contributed by atoms with van der Waals surface area (Å²) in [6.45, 7) is 1.91. The number of hydrogen-bond acceptors (Lipinski definition) is 5. The van der Waals surface area contributed by atoms with Crippen LogP contribution in [0.5, 0.6) is 0 Å². The van der Waals surface area contributed by atoms with Gasteiger partial charge in [-0.05, 0) is 37.3 Å². The van der Waals surface area contributed by atoms with Crippen LogP contribution in [0.1, 0.15) is 16.2 Å². The highest BCUT2D eigenvalue weighted by molar-refractivity contribution is 6.03. The Kier molecular flexibility index (Phi) is 3.76. The zero-order valence-corrected chi connectivity index (χ0v) is 12.8. The number of imidazole rings is 1. The fraction of sp³-hybridized carbons (Fsp3) is 0.125. The lowest BCUT2D eigenvalue weighted by molar-refractivity contribution is 0.102. The van der Waals surface area contributed by atoms with E-state index in [1.165, 1.54) is 0 Å². The molecule has 23 heavy (non-hydrogen) atoms. The van der Waals surface area contributed by atoms with Gasteiger partial charge in [0.15, 0.2) is 0 Å². The van der Waals surface area contributed by atoms with Gasteiger partial charge in [-0.25, -0.2) is 15.0 Å². The van der Waals surface area contributed by atoms with Gasteiger partial charge in [-0.3, -0.25) is 10.1 Å². The minimum absolute atomic E-state index is 0.239. The van der Waals surface area contributed by atoms with Crippen LogP contribution >= 0.6 is 0 Å². The summed E-state index contributed by atoms with van der Waals surface area (Å²) in [5, 5.41) is 2.68. The topological polar surface area (TPSA) is 98.7 Å². The second-order valence-corrected chi connectivity index (χ2v) is 5.09. The predicted molar refractivity (Wildman–Crippen MR) is 87.8 cm³/mol. The van der Waals surface area contributed by atoms with Crippen LogP contribution in [0.4, 0.5) is 11.6 Å². The van der Waals surface area contributed by atoms with E-state index < -0.39 is 0 Å². The molecule has 2 heterocycles. The van der Waals surface area contributed by atoms with Crippen molar-refractivity contribution in [1.29, 1.82) is 0 Å². The number of aryl methyl sites for hydroxylation is 1. The quantitative estimate of drug-likeness (QED) is 0.721. The Balaban J connectivity index is 1.84. The van der Waals surface area contributed by atoms with Crippen LogP contribution in [-0.2, 0) is 7.05 Å². The normalized spacial score (nSPS) is 10.5. The number of carbonyl (C=O) groups excluding carboxylic acids is 1. The van der Waals surface area contributed by atoms with Crippen molar-refractivity contribution in [2.24, 2.45) is 7.05 Å². The molecular weight excluding hydrogens is 292 g/mol. The maximum absolute atomic E-state index is 12.2. The van der Waals surface area contributed by atoms with Gasteiger partial charge in [0.25, 0.3) is 5.91 Å². The second-order valence-electron chi connectivity index (χ2n) is 5.09. The van der Waals surface area contributed by atoms with Gasteiger partial charge in [0.2, 0.25) is 5.95 Å². The second kappa shape index (κ2) is 5.88. The van der Waals surface area contributed by atoms with Crippen molar-refractivity contribution in [2.75, 3.05) is 11.1 Å². The zero-order chi connectivity index (χ0) is 16.4. The minimum Gasteiger partial charge on any atom is -0.399 e. The summed E-state index contributed by atoms with van der Waals surface area (Å²) in [7, 11) is 1.91. The first-order valence-corrected chi connectivity index (χ1v) is 7.03. The molecule has 7 heteroatoms. The lowest BCUT2D eigenvalue weighted by Gasteiger charge is -2.07. The molecule has 116 valence electrons. The van der Waals surface area contributed by atoms with Crippen LogP contribution in [0, 0.1) is 6.92 Å². The van der Waals surface area contributed by atoms with Gasteiger partial charge in [0.05, 0.1) is 17.6 Å². The van der Waals surface area contributed by atoms with E-state index in [0.29, 0.717) is 16.9 Å². The third-order valence-corrected chi connectivity index (χ3v) is 3.54. The SMILES string of the molecule is Cc1ncc(-c2ccnc(NC(=O)c3ccc(N)cc3)n2)n1C. The van der Waals surface area contributed by atoms with Crippen molar-refractivity contribution in [3.8, 4) is 11.4 Å². The standard InChI is InChI=1S/C16H16N6O/c1-10-19-9-14(22(10)2)13-7-8-18-16(20-13)21-15(23)11-3-5-12(17)6-4-11/h3-9H,17H2,1-2H3,(H,18,20,21,23). The number of amides is 1. The van der Waals surface area contributed by atoms with Crippen LogP contribution < -0.4 is 11.1 Å². The number of nitrogen functional groups attached to an aromatic ring is 1. The molecule has 2 aromatic heterocycles. The number of nitrogens with two attached hydrogens (primary N) is 1. The summed E-state index contributed by atoms with van der Waals surface area (Å²) >= 11 is 0. The van der Waals surface area contributed by atoms with Crippen LogP contribution in [-0.4, -0.2) is 25.4 Å². The first-order valence-electron chi connectivity index (χ1n) is 7.03. The fourth-order valence-electron chi connectivity index (χ4n) is 2.11. The smallest absolute Gasteiger partial charge is 0.258 e. The first kappa shape index (κ1) is 14.7. The summed E-state index contributed by atoms with van der Waals surface area (Å²) < 4.78 is 1.92. The molecule has 0 aliphatic carbocycles. The molecule has 0 fully saturated rings. The summed E-state index contributed by atoms with van der Waals surface area (Å²) in [6, 6.07) is 8.42. The largest absolute Gasteiger partial charge is 0.399 e. The maximum atomic E-state index is 12.2. The number of benzene rings is 1. The van der Waals surface area contributed by atoms with E-state index in [0.717, 1.165) is 11.5 Å². The van der Waals surface area contributed by atoms with Gasteiger partial charge in [-0.15, -0.1) is 0 Å². The molecule has 7 nitrogen and oxygen atoms in total. The molecule has 0 saturated carbocycles. The molecule has 0 saturated heterocycles. The molecule has 0 spiro atoms. The highest BCUT2D eigenvalue weighted by Crippen LogP contribution is 2.18. The Morgan fingerprint density at radius 2 is 1.91 bits per heavy atom. The van der Waals surface area contributed by atoms with Crippen LogP contribution in [0.25, 0.3) is 11.4 Å². The van der Waals surface area contributed by atoms with Crippen molar-refractivity contribution in [3.05, 3.63) is 54.1 Å². The van der Waals surface area contributed by atoms with E-state index in [9.17, 15) is 4.79 Å². The Morgan fingerprint density at radius 3 is 2.57 bits per heavy atom. The molecule has 0 aliphatic rings. The van der Waals surface area contributed by atoms with Crippen molar-refractivity contribution < 1.29 is 4.79 Å². The first-order chi connectivity index (χ1) is 11.0. The van der Waals surface area contributed by atoms with E-state index in [-0.39, 0.29) is 11.9 Å². The Hall–Kier alpha value is -3.22. The van der Waals surface area contributed by atoms with Gasteiger partial charge >= 0.3 is 0 Å². The van der Waals surface area contributed by atoms with E-state index in [2.05, 4.69) is 20.3 Å². The van der Waals surface area contributed by atoms with Crippen molar-refractivity contribution >= 4 is 17.5 Å². The van der Waals surface area contributed by atoms with Crippen molar-refractivity contribution in [1.82, 2.24) is 19.5 Å². The molecule has 3 rings (SSSR count). The molecule has 0 bridgehead atoms. The van der Waals surface area contributed by atoms with Crippen molar-refractivity contribution in [3.63, 3.8) is 0 Å². The predicted octanol–water partition coefficient (Wildman–Crippen LogP) is 2.02. The minimum atomic E-state index is -0.289. The average molecular weight is 308 g/mol. The molecule has 3 N–H and O–H groups in total. The molecule has 1 aromatic carbocycles. The summed E-state index contributed by atoms with van der Waals surface area (Å²) in [6.07, 6.45) is 3.34. The number of hydrogen-bond donors (Lipinski definition) is 2. The third kappa shape index (κ3) is 3.03. The summed E-state index contributed by atoms with van der Waals surface area (Å²) in [5.41, 5.74) is 8.25. The number of nitrogens with one attached hydrogen (secondary N) is 1. The zero-order valence-electron chi connectivity index (χ0n) is 12.8. The van der Waals surface area contributed by atoms with E-state index in [4.69, 9.17) is 5.73 Å². The monoisotopic (exact) mass is 308 g/mol. The third-order valence-electron chi connectivity index (χ3n) is 3.54. The molecular formula is C16H16N6O. The van der Waals surface area contributed by atoms with Gasteiger partial charge in [0, 0.05) is 24.5 Å².